The van der Waals surface area contributed by atoms with E-state index in [-0.39, 0.29) is 40.5 Å². The van der Waals surface area contributed by atoms with Gasteiger partial charge >= 0.3 is 6.18 Å². The summed E-state index contributed by atoms with van der Waals surface area (Å²) in [6, 6.07) is 7.19. The number of amides is 1. The first-order valence-electron chi connectivity index (χ1n) is 13.1. The lowest BCUT2D eigenvalue weighted by atomic mass is 10.0. The fourth-order valence-electron chi connectivity index (χ4n) is 4.25. The number of rotatable bonds is 12. The molecule has 1 saturated heterocycles. The minimum absolute atomic E-state index is 0.0706. The average Bonchev–Trinajstić information content (AvgIpc) is 3.71. The maximum absolute atomic E-state index is 15.1. The van der Waals surface area contributed by atoms with Crippen molar-refractivity contribution in [1.82, 2.24) is 25.5 Å². The van der Waals surface area contributed by atoms with Gasteiger partial charge in [-0.15, -0.1) is 0 Å². The normalized spacial score (nSPS) is 16.3. The summed E-state index contributed by atoms with van der Waals surface area (Å²) in [6.07, 6.45) is -4.76. The monoisotopic (exact) mass is 592 g/mol. The highest BCUT2D eigenvalue weighted by Crippen LogP contribution is 2.43. The largest absolute Gasteiger partial charge is 0.495 e. The molecule has 10 nitrogen and oxygen atoms in total. The third-order valence-corrected chi connectivity index (χ3v) is 6.48. The van der Waals surface area contributed by atoms with Gasteiger partial charge in [-0.05, 0) is 38.2 Å². The molecule has 0 aliphatic carbocycles. The van der Waals surface area contributed by atoms with Gasteiger partial charge in [-0.1, -0.05) is 19.1 Å². The van der Waals surface area contributed by atoms with E-state index in [1.807, 2.05) is 19.0 Å². The van der Waals surface area contributed by atoms with Crippen molar-refractivity contribution in [2.45, 2.75) is 31.9 Å². The Hall–Kier alpha value is -4.01. The van der Waals surface area contributed by atoms with Crippen LogP contribution in [0.2, 0.25) is 0 Å². The topological polar surface area (TPSA) is 113 Å². The van der Waals surface area contributed by atoms with Crippen molar-refractivity contribution in [2.24, 2.45) is 0 Å². The molecule has 226 valence electrons. The van der Waals surface area contributed by atoms with Crippen LogP contribution in [0.15, 0.2) is 36.5 Å². The number of ether oxygens (including phenoxy) is 3. The smallest absolute Gasteiger partial charge is 0.423 e. The summed E-state index contributed by atoms with van der Waals surface area (Å²) in [5, 5.41) is 8.36. The number of carbonyl (C=O) groups is 1. The first-order chi connectivity index (χ1) is 20.0. The molecular formula is C28H32F4N6O4. The van der Waals surface area contributed by atoms with Crippen molar-refractivity contribution in [3.63, 3.8) is 0 Å². The molecule has 2 aromatic carbocycles. The third kappa shape index (κ3) is 7.06. The Morgan fingerprint density at radius 3 is 2.60 bits per heavy atom. The summed E-state index contributed by atoms with van der Waals surface area (Å²) >= 11 is 0. The van der Waals surface area contributed by atoms with Gasteiger partial charge in [0.05, 0.1) is 18.4 Å². The molecule has 0 spiro atoms. The molecule has 0 bridgehead atoms. The molecule has 1 fully saturated rings. The average molecular weight is 593 g/mol. The van der Waals surface area contributed by atoms with Crippen molar-refractivity contribution in [3.05, 3.63) is 64.6 Å². The Bertz CT molecular complexity index is 1440. The van der Waals surface area contributed by atoms with Gasteiger partial charge in [-0.2, -0.15) is 18.2 Å². The molecule has 2 atom stereocenters. The van der Waals surface area contributed by atoms with Gasteiger partial charge in [0.15, 0.2) is 0 Å². The van der Waals surface area contributed by atoms with E-state index in [0.29, 0.717) is 24.7 Å². The molecule has 1 aromatic heterocycles. The van der Waals surface area contributed by atoms with Crippen LogP contribution in [-0.2, 0) is 17.3 Å². The molecule has 1 amide bonds. The number of nitrogens with zero attached hydrogens (tertiary/aromatic N) is 3. The number of likely N-dealkylation sites (N-methyl/N-ethyl adjacent to an activating group) is 1. The van der Waals surface area contributed by atoms with Crippen LogP contribution < -0.4 is 25.4 Å². The molecule has 2 unspecified atom stereocenters. The predicted molar refractivity (Wildman–Crippen MR) is 147 cm³/mol. The molecule has 14 heteroatoms. The molecule has 3 aromatic rings. The Labute approximate surface area is 240 Å². The number of hydrogen-bond donors (Lipinski definition) is 3. The molecule has 42 heavy (non-hydrogen) atoms. The maximum atomic E-state index is 15.1. The molecule has 0 radical (unpaired) electrons. The van der Waals surface area contributed by atoms with Crippen LogP contribution in [0.3, 0.4) is 0 Å². The van der Waals surface area contributed by atoms with Crippen LogP contribution in [0.4, 0.5) is 29.2 Å². The third-order valence-electron chi connectivity index (χ3n) is 6.48. The fraction of sp³-hybridized carbons (Fsp3) is 0.393. The lowest BCUT2D eigenvalue weighted by molar-refractivity contribution is -0.139. The van der Waals surface area contributed by atoms with Gasteiger partial charge in [0.1, 0.15) is 35.2 Å². The van der Waals surface area contributed by atoms with Crippen molar-refractivity contribution in [3.8, 4) is 17.4 Å². The second-order valence-electron chi connectivity index (χ2n) is 9.67. The number of nitrogens with one attached hydrogen (secondary N) is 3. The highest BCUT2D eigenvalue weighted by Gasteiger charge is 2.42. The van der Waals surface area contributed by atoms with Gasteiger partial charge in [0.2, 0.25) is 11.8 Å². The molecule has 0 saturated carbocycles. The summed E-state index contributed by atoms with van der Waals surface area (Å²) in [5.74, 6) is -2.23. The number of carbonyl (C=O) groups excluding carboxylic acids is 1. The van der Waals surface area contributed by atoms with Gasteiger partial charge in [-0.25, -0.2) is 9.37 Å². The zero-order valence-electron chi connectivity index (χ0n) is 23.7. The highest BCUT2D eigenvalue weighted by molar-refractivity contribution is 5.98. The predicted octanol–water partition coefficient (Wildman–Crippen LogP) is 4.65. The van der Waals surface area contributed by atoms with E-state index in [4.69, 9.17) is 14.2 Å². The lowest BCUT2D eigenvalue weighted by Gasteiger charge is -2.17. The molecular weight excluding hydrogens is 560 g/mol. The first kappa shape index (κ1) is 30.9. The van der Waals surface area contributed by atoms with E-state index >= 15 is 4.39 Å². The van der Waals surface area contributed by atoms with E-state index in [2.05, 4.69) is 25.9 Å². The van der Waals surface area contributed by atoms with Crippen molar-refractivity contribution >= 4 is 17.5 Å². The zero-order chi connectivity index (χ0) is 30.6. The van der Waals surface area contributed by atoms with E-state index in [0.717, 1.165) is 12.6 Å². The van der Waals surface area contributed by atoms with Gasteiger partial charge < -0.3 is 29.7 Å². The van der Waals surface area contributed by atoms with Crippen molar-refractivity contribution in [1.29, 1.82) is 0 Å². The number of epoxide rings is 1. The number of alkyl halides is 3. The summed E-state index contributed by atoms with van der Waals surface area (Å²) < 4.78 is 73.3. The lowest BCUT2D eigenvalue weighted by Crippen LogP contribution is -2.28. The zero-order valence-corrected chi connectivity index (χ0v) is 23.7. The second kappa shape index (κ2) is 12.9. The molecule has 3 N–H and O–H groups in total. The Kier molecular flexibility index (Phi) is 9.49. The second-order valence-corrected chi connectivity index (χ2v) is 9.67. The van der Waals surface area contributed by atoms with E-state index in [1.54, 1.807) is 19.1 Å². The summed E-state index contributed by atoms with van der Waals surface area (Å²) in [7, 11) is 6.64. The Morgan fingerprint density at radius 1 is 1.19 bits per heavy atom. The number of anilines is 2. The molecule has 1 aliphatic heterocycles. The van der Waals surface area contributed by atoms with Gasteiger partial charge in [-0.3, -0.25) is 10.1 Å². The van der Waals surface area contributed by atoms with Gasteiger partial charge in [0, 0.05) is 38.0 Å². The number of benzene rings is 2. The SMILES string of the molecule is CCc1cccc(Oc2nc(Nc3cc(F)c(C4OC4NCCN(C)C)cc3OC)ncc2C(F)(F)F)c1C(=O)NC. The van der Waals surface area contributed by atoms with Crippen LogP contribution in [0.5, 0.6) is 17.4 Å². The number of aromatic nitrogens is 2. The van der Waals surface area contributed by atoms with Crippen molar-refractivity contribution in [2.75, 3.05) is 46.7 Å². The van der Waals surface area contributed by atoms with E-state index in [1.165, 1.54) is 26.3 Å². The first-order valence-corrected chi connectivity index (χ1v) is 13.1. The minimum atomic E-state index is -4.86. The number of hydrogen-bond acceptors (Lipinski definition) is 9. The molecule has 4 rings (SSSR count). The van der Waals surface area contributed by atoms with Crippen LogP contribution in [0.1, 0.15) is 40.1 Å². The summed E-state index contributed by atoms with van der Waals surface area (Å²) in [4.78, 5) is 22.3. The maximum Gasteiger partial charge on any atom is 0.423 e. The summed E-state index contributed by atoms with van der Waals surface area (Å²) in [5.41, 5.74) is -0.274. The highest BCUT2D eigenvalue weighted by atomic mass is 19.4. The van der Waals surface area contributed by atoms with Crippen LogP contribution in [0, 0.1) is 5.82 Å². The quantitative estimate of drug-likeness (QED) is 0.204. The van der Waals surface area contributed by atoms with Crippen LogP contribution in [-0.4, -0.2) is 68.3 Å². The number of methoxy groups -OCH3 is 1. The van der Waals surface area contributed by atoms with Crippen LogP contribution >= 0.6 is 0 Å². The molecule has 2 heterocycles. The summed E-state index contributed by atoms with van der Waals surface area (Å²) in [6.45, 7) is 3.22. The number of aryl methyl sites for hydroxylation is 1. The molecule has 1 aliphatic rings. The van der Waals surface area contributed by atoms with E-state index in [9.17, 15) is 18.0 Å². The van der Waals surface area contributed by atoms with E-state index < -0.39 is 35.4 Å². The van der Waals surface area contributed by atoms with Gasteiger partial charge in [0.25, 0.3) is 5.91 Å². The Balaban J connectivity index is 1.63. The standard InChI is InChI=1S/C28H32F4N6O4/c1-6-15-8-7-9-20(22(15)24(39)33-2)41-25-17(28(30,31)32)14-35-27(37-25)36-19-13-18(29)16(12-21(19)40-5)23-26(42-23)34-10-11-38(3)4/h7-9,12-14,23,26,34H,6,10-11H2,1-5H3,(H,33,39)(H,35,36,37). The minimum Gasteiger partial charge on any atom is -0.495 e. The Morgan fingerprint density at radius 2 is 1.95 bits per heavy atom. The fourth-order valence-corrected chi connectivity index (χ4v) is 4.25. The number of halogens is 4. The van der Waals surface area contributed by atoms with Crippen LogP contribution in [0.25, 0.3) is 0 Å². The van der Waals surface area contributed by atoms with Crippen molar-refractivity contribution < 1.29 is 36.6 Å².